The number of carbonyl (C=O) groups is 2. The summed E-state index contributed by atoms with van der Waals surface area (Å²) in [6, 6.07) is 12.0. The molecule has 0 aliphatic rings. The molecule has 0 saturated heterocycles. The summed E-state index contributed by atoms with van der Waals surface area (Å²) in [5, 5.41) is 2.84. The van der Waals surface area contributed by atoms with E-state index in [1.54, 1.807) is 19.9 Å². The van der Waals surface area contributed by atoms with Crippen LogP contribution in [0.3, 0.4) is 0 Å². The Morgan fingerprint density at radius 1 is 1.00 bits per heavy atom. The number of carbonyl (C=O) groups excluding carboxylic acids is 2. The monoisotopic (exact) mass is 566 g/mol. The molecule has 0 spiro atoms. The highest BCUT2D eigenvalue weighted by molar-refractivity contribution is 9.10. The predicted molar refractivity (Wildman–Crippen MR) is 143 cm³/mol. The molecule has 0 aliphatic heterocycles. The van der Waals surface area contributed by atoms with E-state index >= 15 is 0 Å². The number of nitrogens with one attached hydrogen (secondary N) is 1. The minimum atomic E-state index is -3.99. The van der Waals surface area contributed by atoms with Crippen LogP contribution in [0.2, 0.25) is 0 Å². The van der Waals surface area contributed by atoms with Crippen LogP contribution in [0.5, 0.6) is 0 Å². The van der Waals surface area contributed by atoms with Crippen molar-refractivity contribution >= 4 is 43.6 Å². The Balaban J connectivity index is 2.50. The Hall–Kier alpha value is -2.43. The normalized spacial score (nSPS) is 12.5. The fourth-order valence-electron chi connectivity index (χ4n) is 3.46. The molecule has 0 aliphatic carbocycles. The van der Waals surface area contributed by atoms with Gasteiger partial charge in [0.15, 0.2) is 0 Å². The summed E-state index contributed by atoms with van der Waals surface area (Å²) in [5.41, 5.74) is 2.83. The number of anilines is 1. The average Bonchev–Trinajstić information content (AvgIpc) is 2.77. The average molecular weight is 568 g/mol. The summed E-state index contributed by atoms with van der Waals surface area (Å²) >= 11 is 3.40. The van der Waals surface area contributed by atoms with Crippen molar-refractivity contribution in [2.45, 2.75) is 53.2 Å². The highest BCUT2D eigenvalue weighted by Crippen LogP contribution is 2.26. The van der Waals surface area contributed by atoms with E-state index in [-0.39, 0.29) is 18.5 Å². The number of hydrogen-bond donors (Lipinski definition) is 1. The molecule has 0 bridgehead atoms. The first-order valence-corrected chi connectivity index (χ1v) is 13.5. The molecular formula is C25H35BrN4O4S. The Morgan fingerprint density at radius 3 is 2.14 bits per heavy atom. The highest BCUT2D eigenvalue weighted by atomic mass is 79.9. The van der Waals surface area contributed by atoms with Crippen molar-refractivity contribution in [3.8, 4) is 0 Å². The second-order valence-electron chi connectivity index (χ2n) is 9.07. The van der Waals surface area contributed by atoms with Crippen molar-refractivity contribution in [1.29, 1.82) is 0 Å². The molecule has 2 rings (SSSR count). The molecule has 0 radical (unpaired) electrons. The third-order valence-corrected chi connectivity index (χ3v) is 7.85. The Bertz CT molecular complexity index is 1150. The molecule has 192 valence electrons. The zero-order chi connectivity index (χ0) is 26.5. The van der Waals surface area contributed by atoms with Crippen molar-refractivity contribution in [3.05, 3.63) is 63.6 Å². The summed E-state index contributed by atoms with van der Waals surface area (Å²) < 4.78 is 29.7. The zero-order valence-corrected chi connectivity index (χ0v) is 23.8. The second kappa shape index (κ2) is 12.0. The molecular weight excluding hydrogens is 532 g/mol. The maximum absolute atomic E-state index is 13.7. The Kier molecular flexibility index (Phi) is 9.88. The lowest BCUT2D eigenvalue weighted by molar-refractivity contribution is -0.139. The van der Waals surface area contributed by atoms with Gasteiger partial charge >= 0.3 is 10.2 Å². The molecule has 35 heavy (non-hydrogen) atoms. The highest BCUT2D eigenvalue weighted by Gasteiger charge is 2.33. The van der Waals surface area contributed by atoms with Crippen molar-refractivity contribution in [1.82, 2.24) is 14.5 Å². The minimum Gasteiger partial charge on any atom is -0.352 e. The molecule has 2 aromatic rings. The standard InChI is InChI=1S/C25H35BrN4O4S/c1-17(2)27-25(32)20(5)29(15-21-10-12-22(26)13-11-21)24(31)16-30(35(33,34)28(6)7)23-14-18(3)8-9-19(23)4/h8-14,17,20H,15-16H2,1-7H3,(H,27,32). The first-order valence-electron chi connectivity index (χ1n) is 11.4. The summed E-state index contributed by atoms with van der Waals surface area (Å²) in [6.07, 6.45) is 0. The predicted octanol–water partition coefficient (Wildman–Crippen LogP) is 3.62. The fraction of sp³-hybridized carbons (Fsp3) is 0.440. The zero-order valence-electron chi connectivity index (χ0n) is 21.4. The number of rotatable bonds is 10. The fourth-order valence-corrected chi connectivity index (χ4v) is 4.84. The van der Waals surface area contributed by atoms with Crippen LogP contribution in [0.15, 0.2) is 46.9 Å². The molecule has 0 heterocycles. The Labute approximate surface area is 217 Å². The van der Waals surface area contributed by atoms with Crippen LogP contribution in [0, 0.1) is 13.8 Å². The van der Waals surface area contributed by atoms with Crippen LogP contribution in [0.1, 0.15) is 37.5 Å². The van der Waals surface area contributed by atoms with Gasteiger partial charge in [0.1, 0.15) is 12.6 Å². The molecule has 2 amide bonds. The molecule has 1 atom stereocenters. The van der Waals surface area contributed by atoms with Gasteiger partial charge in [-0.3, -0.25) is 9.59 Å². The van der Waals surface area contributed by atoms with E-state index in [1.807, 2.05) is 57.2 Å². The smallest absolute Gasteiger partial charge is 0.304 e. The number of hydrogen-bond acceptors (Lipinski definition) is 4. The first kappa shape index (κ1) is 28.8. The van der Waals surface area contributed by atoms with Crippen LogP contribution in [0.25, 0.3) is 0 Å². The van der Waals surface area contributed by atoms with E-state index in [4.69, 9.17) is 0 Å². The summed E-state index contributed by atoms with van der Waals surface area (Å²) in [5.74, 6) is -0.787. The van der Waals surface area contributed by atoms with E-state index in [0.29, 0.717) is 5.69 Å². The van der Waals surface area contributed by atoms with E-state index in [9.17, 15) is 18.0 Å². The quantitative estimate of drug-likeness (QED) is 0.475. The lowest BCUT2D eigenvalue weighted by Gasteiger charge is -2.33. The van der Waals surface area contributed by atoms with Crippen LogP contribution < -0.4 is 9.62 Å². The summed E-state index contributed by atoms with van der Waals surface area (Å²) in [4.78, 5) is 28.0. The first-order chi connectivity index (χ1) is 16.2. The molecule has 8 nitrogen and oxygen atoms in total. The number of nitrogens with zero attached hydrogens (tertiary/aromatic N) is 3. The topological polar surface area (TPSA) is 90.0 Å². The van der Waals surface area contributed by atoms with Gasteiger partial charge < -0.3 is 10.2 Å². The molecule has 1 N–H and O–H groups in total. The molecule has 0 saturated carbocycles. The van der Waals surface area contributed by atoms with Gasteiger partial charge in [-0.1, -0.05) is 40.2 Å². The van der Waals surface area contributed by atoms with Crippen LogP contribution >= 0.6 is 15.9 Å². The number of benzene rings is 2. The van der Waals surface area contributed by atoms with Crippen LogP contribution in [-0.4, -0.2) is 62.2 Å². The van der Waals surface area contributed by atoms with Crippen molar-refractivity contribution in [2.75, 3.05) is 24.9 Å². The third kappa shape index (κ3) is 7.52. The van der Waals surface area contributed by atoms with Crippen molar-refractivity contribution < 1.29 is 18.0 Å². The number of amides is 2. The number of aryl methyl sites for hydroxylation is 2. The maximum atomic E-state index is 13.7. The summed E-state index contributed by atoms with van der Waals surface area (Å²) in [7, 11) is -1.14. The second-order valence-corrected chi connectivity index (χ2v) is 12.1. The van der Waals surface area contributed by atoms with Gasteiger partial charge in [0, 0.05) is 31.2 Å². The van der Waals surface area contributed by atoms with Gasteiger partial charge in [-0.05, 0) is 69.5 Å². The minimum absolute atomic E-state index is 0.102. The third-order valence-electron chi connectivity index (χ3n) is 5.52. The van der Waals surface area contributed by atoms with Gasteiger partial charge in [0.25, 0.3) is 0 Å². The Morgan fingerprint density at radius 2 is 1.60 bits per heavy atom. The van der Waals surface area contributed by atoms with E-state index in [2.05, 4.69) is 21.2 Å². The molecule has 0 aromatic heterocycles. The van der Waals surface area contributed by atoms with E-state index in [0.717, 1.165) is 29.8 Å². The van der Waals surface area contributed by atoms with E-state index in [1.165, 1.54) is 19.0 Å². The van der Waals surface area contributed by atoms with Gasteiger partial charge in [0.05, 0.1) is 5.69 Å². The maximum Gasteiger partial charge on any atom is 0.304 e. The van der Waals surface area contributed by atoms with Gasteiger partial charge in [-0.2, -0.15) is 12.7 Å². The lowest BCUT2D eigenvalue weighted by Crippen LogP contribution is -2.53. The van der Waals surface area contributed by atoms with E-state index < -0.39 is 28.7 Å². The molecule has 1 unspecified atom stereocenters. The lowest BCUT2D eigenvalue weighted by atomic mass is 10.1. The molecule has 10 heteroatoms. The van der Waals surface area contributed by atoms with Crippen molar-refractivity contribution in [2.24, 2.45) is 0 Å². The molecule has 0 fully saturated rings. The van der Waals surface area contributed by atoms with Crippen molar-refractivity contribution in [3.63, 3.8) is 0 Å². The van der Waals surface area contributed by atoms with Gasteiger partial charge in [-0.15, -0.1) is 0 Å². The number of halogens is 1. The SMILES string of the molecule is Cc1ccc(C)c(N(CC(=O)N(Cc2ccc(Br)cc2)C(C)C(=O)NC(C)C)S(=O)(=O)N(C)C)c1. The van der Waals surface area contributed by atoms with Crippen LogP contribution in [0.4, 0.5) is 5.69 Å². The van der Waals surface area contributed by atoms with Crippen LogP contribution in [-0.2, 0) is 26.3 Å². The van der Waals surface area contributed by atoms with Gasteiger partial charge in [-0.25, -0.2) is 4.31 Å². The molecule has 2 aromatic carbocycles. The largest absolute Gasteiger partial charge is 0.352 e. The summed E-state index contributed by atoms with van der Waals surface area (Å²) in [6.45, 7) is 8.72. The van der Waals surface area contributed by atoms with Gasteiger partial charge in [0.2, 0.25) is 11.8 Å².